The zero-order chi connectivity index (χ0) is 13.7. The van der Waals surface area contributed by atoms with Gasteiger partial charge in [-0.25, -0.2) is 0 Å². The maximum Gasteiger partial charge on any atom is 0.226 e. The molecule has 4 nitrogen and oxygen atoms in total. The van der Waals surface area contributed by atoms with Crippen molar-refractivity contribution < 1.29 is 4.52 Å². The molecule has 0 N–H and O–H groups in total. The maximum atomic E-state index is 6.14. The van der Waals surface area contributed by atoms with Crippen LogP contribution < -0.4 is 0 Å². The summed E-state index contributed by atoms with van der Waals surface area (Å²) in [5, 5.41) is 4.60. The van der Waals surface area contributed by atoms with Crippen molar-refractivity contribution in [2.75, 3.05) is 13.6 Å². The van der Waals surface area contributed by atoms with Crippen LogP contribution >= 0.6 is 11.6 Å². The molecule has 0 fully saturated rings. The van der Waals surface area contributed by atoms with Crippen molar-refractivity contribution in [3.63, 3.8) is 0 Å². The molecule has 1 aromatic heterocycles. The molecule has 0 unspecified atom stereocenters. The highest BCUT2D eigenvalue weighted by Crippen LogP contribution is 2.16. The predicted molar refractivity (Wildman–Crippen MR) is 75.1 cm³/mol. The lowest BCUT2D eigenvalue weighted by atomic mass is 10.2. The van der Waals surface area contributed by atoms with Crippen LogP contribution in [0, 0.1) is 6.92 Å². The van der Waals surface area contributed by atoms with E-state index in [2.05, 4.69) is 28.2 Å². The van der Waals surface area contributed by atoms with Gasteiger partial charge in [-0.05, 0) is 38.6 Å². The van der Waals surface area contributed by atoms with Gasteiger partial charge in [-0.15, -0.1) is 0 Å². The topological polar surface area (TPSA) is 42.2 Å². The Morgan fingerprint density at radius 3 is 2.79 bits per heavy atom. The second-order valence-corrected chi connectivity index (χ2v) is 5.08. The molecule has 0 atom stereocenters. The summed E-state index contributed by atoms with van der Waals surface area (Å²) >= 11 is 6.14. The molecule has 0 radical (unpaired) electrons. The normalized spacial score (nSPS) is 11.2. The lowest BCUT2D eigenvalue weighted by Gasteiger charge is -2.16. The van der Waals surface area contributed by atoms with E-state index in [1.54, 1.807) is 0 Å². The predicted octanol–water partition coefficient (Wildman–Crippen LogP) is 3.10. The Hall–Kier alpha value is -1.39. The number of hydrogen-bond donors (Lipinski definition) is 0. The quantitative estimate of drug-likeness (QED) is 0.815. The summed E-state index contributed by atoms with van der Waals surface area (Å²) in [6.07, 6.45) is 1.80. The Bertz CT molecular complexity index is 527. The van der Waals surface area contributed by atoms with Gasteiger partial charge in [-0.2, -0.15) is 4.98 Å². The first-order chi connectivity index (χ1) is 9.15. The van der Waals surface area contributed by atoms with Crippen molar-refractivity contribution in [1.82, 2.24) is 15.0 Å². The monoisotopic (exact) mass is 279 g/mol. The molecule has 2 rings (SSSR count). The molecule has 0 amide bonds. The van der Waals surface area contributed by atoms with E-state index in [0.717, 1.165) is 36.5 Å². The molecule has 0 saturated heterocycles. The molecule has 0 aliphatic heterocycles. The summed E-state index contributed by atoms with van der Waals surface area (Å²) in [6, 6.07) is 7.94. The van der Waals surface area contributed by atoms with E-state index in [4.69, 9.17) is 16.1 Å². The van der Waals surface area contributed by atoms with Crippen molar-refractivity contribution >= 4 is 11.6 Å². The molecule has 0 spiro atoms. The SMILES string of the molecule is Cc1noc(CCCN(C)Cc2ccccc2Cl)n1. The third kappa shape index (κ3) is 4.33. The van der Waals surface area contributed by atoms with Gasteiger partial charge in [0, 0.05) is 18.0 Å². The van der Waals surface area contributed by atoms with Gasteiger partial charge in [0.2, 0.25) is 5.89 Å². The fraction of sp³-hybridized carbons (Fsp3) is 0.429. The first-order valence-electron chi connectivity index (χ1n) is 6.36. The summed E-state index contributed by atoms with van der Waals surface area (Å²) in [6.45, 7) is 3.64. The van der Waals surface area contributed by atoms with Crippen LogP contribution in [0.25, 0.3) is 0 Å². The smallest absolute Gasteiger partial charge is 0.226 e. The zero-order valence-electron chi connectivity index (χ0n) is 11.3. The minimum atomic E-state index is 0.694. The Kier molecular flexibility index (Phi) is 4.93. The Morgan fingerprint density at radius 2 is 2.11 bits per heavy atom. The summed E-state index contributed by atoms with van der Waals surface area (Å²) in [5.41, 5.74) is 1.15. The summed E-state index contributed by atoms with van der Waals surface area (Å²) < 4.78 is 5.08. The average molecular weight is 280 g/mol. The van der Waals surface area contributed by atoms with Crippen LogP contribution in [0.4, 0.5) is 0 Å². The molecule has 0 aliphatic carbocycles. The van der Waals surface area contributed by atoms with Gasteiger partial charge in [0.15, 0.2) is 5.82 Å². The van der Waals surface area contributed by atoms with Gasteiger partial charge < -0.3 is 9.42 Å². The van der Waals surface area contributed by atoms with Crippen molar-refractivity contribution in [2.24, 2.45) is 0 Å². The van der Waals surface area contributed by atoms with Crippen molar-refractivity contribution in [3.05, 3.63) is 46.6 Å². The molecule has 5 heteroatoms. The van der Waals surface area contributed by atoms with Crippen LogP contribution in [0.1, 0.15) is 23.7 Å². The average Bonchev–Trinajstić information content (AvgIpc) is 2.78. The molecule has 0 bridgehead atoms. The number of halogens is 1. The highest BCUT2D eigenvalue weighted by molar-refractivity contribution is 6.31. The highest BCUT2D eigenvalue weighted by Gasteiger charge is 2.06. The number of rotatable bonds is 6. The van der Waals surface area contributed by atoms with Crippen LogP contribution in [0.5, 0.6) is 0 Å². The minimum absolute atomic E-state index is 0.694. The Morgan fingerprint density at radius 1 is 1.32 bits per heavy atom. The summed E-state index contributed by atoms with van der Waals surface area (Å²) in [7, 11) is 2.09. The maximum absolute atomic E-state index is 6.14. The van der Waals surface area contributed by atoms with Gasteiger partial charge >= 0.3 is 0 Å². The van der Waals surface area contributed by atoms with Gasteiger partial charge in [-0.1, -0.05) is 35.0 Å². The molecular formula is C14H18ClN3O. The number of nitrogens with zero attached hydrogens (tertiary/aromatic N) is 3. The second-order valence-electron chi connectivity index (χ2n) is 4.67. The summed E-state index contributed by atoms with van der Waals surface area (Å²) in [5.74, 6) is 1.41. The first kappa shape index (κ1) is 14.0. The van der Waals surface area contributed by atoms with Crippen LogP contribution in [-0.2, 0) is 13.0 Å². The van der Waals surface area contributed by atoms with Gasteiger partial charge in [-0.3, -0.25) is 0 Å². The fourth-order valence-corrected chi connectivity index (χ4v) is 2.13. The van der Waals surface area contributed by atoms with E-state index >= 15 is 0 Å². The van der Waals surface area contributed by atoms with E-state index in [0.29, 0.717) is 11.7 Å². The van der Waals surface area contributed by atoms with E-state index in [1.807, 2.05) is 25.1 Å². The lowest BCUT2D eigenvalue weighted by Crippen LogP contribution is -2.19. The molecule has 102 valence electrons. The number of aromatic nitrogens is 2. The van der Waals surface area contributed by atoms with E-state index < -0.39 is 0 Å². The second kappa shape index (κ2) is 6.68. The molecule has 19 heavy (non-hydrogen) atoms. The van der Waals surface area contributed by atoms with E-state index in [1.165, 1.54) is 0 Å². The van der Waals surface area contributed by atoms with Crippen LogP contribution in [0.2, 0.25) is 5.02 Å². The standard InChI is InChI=1S/C14H18ClN3O/c1-11-16-14(19-17-11)8-5-9-18(2)10-12-6-3-4-7-13(12)15/h3-4,6-7H,5,8-10H2,1-2H3. The van der Waals surface area contributed by atoms with Crippen molar-refractivity contribution in [2.45, 2.75) is 26.3 Å². The van der Waals surface area contributed by atoms with Gasteiger partial charge in [0.25, 0.3) is 0 Å². The van der Waals surface area contributed by atoms with Crippen LogP contribution in [0.15, 0.2) is 28.8 Å². The first-order valence-corrected chi connectivity index (χ1v) is 6.74. The van der Waals surface area contributed by atoms with Crippen LogP contribution in [0.3, 0.4) is 0 Å². The molecule has 0 saturated carbocycles. The van der Waals surface area contributed by atoms with Crippen molar-refractivity contribution in [1.29, 1.82) is 0 Å². The third-order valence-electron chi connectivity index (χ3n) is 2.90. The number of aryl methyl sites for hydroxylation is 2. The highest BCUT2D eigenvalue weighted by atomic mass is 35.5. The number of benzene rings is 1. The minimum Gasteiger partial charge on any atom is -0.339 e. The molecule has 0 aliphatic rings. The molecule has 2 aromatic rings. The van der Waals surface area contributed by atoms with Crippen LogP contribution in [-0.4, -0.2) is 28.6 Å². The Labute approximate surface area is 118 Å². The summed E-state index contributed by atoms with van der Waals surface area (Å²) in [4.78, 5) is 6.43. The van der Waals surface area contributed by atoms with E-state index in [-0.39, 0.29) is 0 Å². The van der Waals surface area contributed by atoms with Gasteiger partial charge in [0.1, 0.15) is 0 Å². The lowest BCUT2D eigenvalue weighted by molar-refractivity contribution is 0.309. The molecule has 1 heterocycles. The zero-order valence-corrected chi connectivity index (χ0v) is 12.0. The largest absolute Gasteiger partial charge is 0.339 e. The number of hydrogen-bond acceptors (Lipinski definition) is 4. The molecular weight excluding hydrogens is 262 g/mol. The molecule has 1 aromatic carbocycles. The Balaban J connectivity index is 1.76. The third-order valence-corrected chi connectivity index (χ3v) is 3.27. The fourth-order valence-electron chi connectivity index (χ4n) is 1.94. The van der Waals surface area contributed by atoms with Crippen molar-refractivity contribution in [3.8, 4) is 0 Å². The van der Waals surface area contributed by atoms with E-state index in [9.17, 15) is 0 Å². The van der Waals surface area contributed by atoms with Gasteiger partial charge in [0.05, 0.1) is 0 Å².